The van der Waals surface area contributed by atoms with Gasteiger partial charge in [-0.25, -0.2) is 0 Å². The molecule has 3 heteroatoms. The standard InChI is InChI=1S/C16H26N2O/c1-3-19-16-6-5-15(13-14(16)2)7-11-18-10-4-8-17-9-12-18/h5-6,13,17H,3-4,7-12H2,1-2H3. The molecule has 19 heavy (non-hydrogen) atoms. The average molecular weight is 262 g/mol. The maximum atomic E-state index is 5.58. The zero-order chi connectivity index (χ0) is 13.5. The number of hydrogen-bond acceptors (Lipinski definition) is 3. The lowest BCUT2D eigenvalue weighted by molar-refractivity contribution is 0.296. The Kier molecular flexibility index (Phi) is 5.67. The van der Waals surface area contributed by atoms with E-state index in [1.54, 1.807) is 0 Å². The summed E-state index contributed by atoms with van der Waals surface area (Å²) >= 11 is 0. The van der Waals surface area contributed by atoms with Crippen molar-refractivity contribution in [2.45, 2.75) is 26.7 Å². The molecule has 0 amide bonds. The van der Waals surface area contributed by atoms with E-state index in [-0.39, 0.29) is 0 Å². The molecule has 0 aliphatic carbocycles. The van der Waals surface area contributed by atoms with Gasteiger partial charge in [0.15, 0.2) is 0 Å². The first-order chi connectivity index (χ1) is 9.29. The molecule has 2 rings (SSSR count). The zero-order valence-corrected chi connectivity index (χ0v) is 12.2. The predicted octanol–water partition coefficient (Wildman–Crippen LogP) is 2.23. The highest BCUT2D eigenvalue weighted by molar-refractivity contribution is 5.36. The SMILES string of the molecule is CCOc1ccc(CCN2CCCNCC2)cc1C. The van der Waals surface area contributed by atoms with E-state index in [0.717, 1.165) is 31.9 Å². The fourth-order valence-electron chi connectivity index (χ4n) is 2.60. The molecule has 1 N–H and O–H groups in total. The van der Waals surface area contributed by atoms with Gasteiger partial charge in [-0.1, -0.05) is 12.1 Å². The Balaban J connectivity index is 1.86. The second-order valence-corrected chi connectivity index (χ2v) is 5.23. The van der Waals surface area contributed by atoms with Crippen molar-refractivity contribution in [2.75, 3.05) is 39.3 Å². The average Bonchev–Trinajstić information content (AvgIpc) is 2.68. The number of benzene rings is 1. The molecular weight excluding hydrogens is 236 g/mol. The summed E-state index contributed by atoms with van der Waals surface area (Å²) in [4.78, 5) is 2.56. The van der Waals surface area contributed by atoms with Crippen molar-refractivity contribution in [3.8, 4) is 5.75 Å². The lowest BCUT2D eigenvalue weighted by Crippen LogP contribution is -2.30. The van der Waals surface area contributed by atoms with Crippen molar-refractivity contribution in [3.63, 3.8) is 0 Å². The summed E-state index contributed by atoms with van der Waals surface area (Å²) in [6.45, 7) is 10.8. The topological polar surface area (TPSA) is 24.5 Å². The summed E-state index contributed by atoms with van der Waals surface area (Å²) < 4.78 is 5.58. The van der Waals surface area contributed by atoms with E-state index < -0.39 is 0 Å². The first kappa shape index (κ1) is 14.4. The molecular formula is C16H26N2O. The van der Waals surface area contributed by atoms with Gasteiger partial charge in [0.25, 0.3) is 0 Å². The fourth-order valence-corrected chi connectivity index (χ4v) is 2.60. The van der Waals surface area contributed by atoms with Crippen LogP contribution >= 0.6 is 0 Å². The molecule has 1 heterocycles. The predicted molar refractivity (Wildman–Crippen MR) is 80.0 cm³/mol. The van der Waals surface area contributed by atoms with Crippen molar-refractivity contribution in [3.05, 3.63) is 29.3 Å². The van der Waals surface area contributed by atoms with Gasteiger partial charge in [-0.2, -0.15) is 0 Å². The summed E-state index contributed by atoms with van der Waals surface area (Å²) in [7, 11) is 0. The third kappa shape index (κ3) is 4.51. The molecule has 1 aliphatic rings. The number of ether oxygens (including phenoxy) is 1. The molecule has 1 aliphatic heterocycles. The van der Waals surface area contributed by atoms with Gasteiger partial charge in [0.2, 0.25) is 0 Å². The summed E-state index contributed by atoms with van der Waals surface area (Å²) in [5, 5.41) is 3.45. The lowest BCUT2D eigenvalue weighted by atomic mass is 10.1. The monoisotopic (exact) mass is 262 g/mol. The van der Waals surface area contributed by atoms with Crippen molar-refractivity contribution >= 4 is 0 Å². The normalized spacial score (nSPS) is 17.2. The van der Waals surface area contributed by atoms with E-state index in [1.807, 2.05) is 6.92 Å². The number of nitrogens with one attached hydrogen (secondary N) is 1. The van der Waals surface area contributed by atoms with Gasteiger partial charge in [-0.3, -0.25) is 0 Å². The molecule has 3 nitrogen and oxygen atoms in total. The van der Waals surface area contributed by atoms with Crippen LogP contribution in [-0.2, 0) is 6.42 Å². The van der Waals surface area contributed by atoms with Crippen LogP contribution < -0.4 is 10.1 Å². The van der Waals surface area contributed by atoms with Crippen LogP contribution in [0.15, 0.2) is 18.2 Å². The van der Waals surface area contributed by atoms with Gasteiger partial charge in [0.1, 0.15) is 5.75 Å². The molecule has 0 spiro atoms. The molecule has 1 aromatic carbocycles. The maximum Gasteiger partial charge on any atom is 0.122 e. The molecule has 1 aromatic rings. The molecule has 1 fully saturated rings. The quantitative estimate of drug-likeness (QED) is 0.880. The number of hydrogen-bond donors (Lipinski definition) is 1. The van der Waals surface area contributed by atoms with Crippen molar-refractivity contribution in [1.29, 1.82) is 0 Å². The molecule has 0 saturated carbocycles. The molecule has 1 saturated heterocycles. The highest BCUT2D eigenvalue weighted by Crippen LogP contribution is 2.19. The maximum absolute atomic E-state index is 5.58. The number of nitrogens with zero attached hydrogens (tertiary/aromatic N) is 1. The molecule has 106 valence electrons. The summed E-state index contributed by atoms with van der Waals surface area (Å²) in [5.74, 6) is 1.02. The first-order valence-electron chi connectivity index (χ1n) is 7.45. The van der Waals surface area contributed by atoms with E-state index in [1.165, 1.54) is 37.2 Å². The Bertz CT molecular complexity index is 384. The van der Waals surface area contributed by atoms with E-state index in [4.69, 9.17) is 4.74 Å². The van der Waals surface area contributed by atoms with Crippen LogP contribution in [0, 0.1) is 6.92 Å². The molecule has 0 unspecified atom stereocenters. The Hall–Kier alpha value is -1.06. The zero-order valence-electron chi connectivity index (χ0n) is 12.2. The van der Waals surface area contributed by atoms with Crippen LogP contribution in [0.25, 0.3) is 0 Å². The second-order valence-electron chi connectivity index (χ2n) is 5.23. The van der Waals surface area contributed by atoms with Crippen LogP contribution in [0.1, 0.15) is 24.5 Å². The largest absolute Gasteiger partial charge is 0.494 e. The highest BCUT2D eigenvalue weighted by atomic mass is 16.5. The Labute approximate surface area is 116 Å². The number of aryl methyl sites for hydroxylation is 1. The van der Waals surface area contributed by atoms with Gasteiger partial charge >= 0.3 is 0 Å². The highest BCUT2D eigenvalue weighted by Gasteiger charge is 2.08. The van der Waals surface area contributed by atoms with E-state index >= 15 is 0 Å². The van der Waals surface area contributed by atoms with E-state index in [9.17, 15) is 0 Å². The minimum Gasteiger partial charge on any atom is -0.494 e. The molecule has 0 radical (unpaired) electrons. The Morgan fingerprint density at radius 1 is 1.26 bits per heavy atom. The van der Waals surface area contributed by atoms with Gasteiger partial charge in [0, 0.05) is 19.6 Å². The van der Waals surface area contributed by atoms with Gasteiger partial charge < -0.3 is 15.0 Å². The van der Waals surface area contributed by atoms with Crippen LogP contribution in [-0.4, -0.2) is 44.2 Å². The minimum atomic E-state index is 0.737. The molecule has 0 aromatic heterocycles. The number of rotatable bonds is 5. The first-order valence-corrected chi connectivity index (χ1v) is 7.45. The second kappa shape index (κ2) is 7.51. The fraction of sp³-hybridized carbons (Fsp3) is 0.625. The van der Waals surface area contributed by atoms with Crippen LogP contribution in [0.5, 0.6) is 5.75 Å². The van der Waals surface area contributed by atoms with Crippen molar-refractivity contribution in [1.82, 2.24) is 10.2 Å². The lowest BCUT2D eigenvalue weighted by Gasteiger charge is -2.19. The molecule has 0 atom stereocenters. The Morgan fingerprint density at radius 3 is 2.95 bits per heavy atom. The third-order valence-electron chi connectivity index (χ3n) is 3.69. The van der Waals surface area contributed by atoms with Crippen LogP contribution in [0.3, 0.4) is 0 Å². The van der Waals surface area contributed by atoms with Gasteiger partial charge in [-0.15, -0.1) is 0 Å². The van der Waals surface area contributed by atoms with Gasteiger partial charge in [0.05, 0.1) is 6.61 Å². The smallest absolute Gasteiger partial charge is 0.122 e. The van der Waals surface area contributed by atoms with Crippen molar-refractivity contribution < 1.29 is 4.74 Å². The Morgan fingerprint density at radius 2 is 2.16 bits per heavy atom. The summed E-state index contributed by atoms with van der Waals surface area (Å²) in [5.41, 5.74) is 2.66. The summed E-state index contributed by atoms with van der Waals surface area (Å²) in [6.07, 6.45) is 2.40. The van der Waals surface area contributed by atoms with Crippen LogP contribution in [0.4, 0.5) is 0 Å². The summed E-state index contributed by atoms with van der Waals surface area (Å²) in [6, 6.07) is 6.58. The van der Waals surface area contributed by atoms with Crippen molar-refractivity contribution in [2.24, 2.45) is 0 Å². The third-order valence-corrected chi connectivity index (χ3v) is 3.69. The van der Waals surface area contributed by atoms with Crippen LogP contribution in [0.2, 0.25) is 0 Å². The molecule has 0 bridgehead atoms. The minimum absolute atomic E-state index is 0.737. The van der Waals surface area contributed by atoms with E-state index in [0.29, 0.717) is 0 Å². The van der Waals surface area contributed by atoms with E-state index in [2.05, 4.69) is 35.3 Å². The van der Waals surface area contributed by atoms with Gasteiger partial charge in [-0.05, 0) is 57.0 Å².